The summed E-state index contributed by atoms with van der Waals surface area (Å²) in [5, 5.41) is 36.9. The van der Waals surface area contributed by atoms with Crippen LogP contribution in [0, 0.1) is 22.7 Å². The van der Waals surface area contributed by atoms with Crippen LogP contribution in [-0.2, 0) is 0 Å². The van der Waals surface area contributed by atoms with Crippen molar-refractivity contribution in [1.82, 2.24) is 25.4 Å². The third-order valence-corrected chi connectivity index (χ3v) is 8.62. The molecule has 1 aromatic carbocycles. The van der Waals surface area contributed by atoms with Gasteiger partial charge in [-0.1, -0.05) is 30.7 Å². The van der Waals surface area contributed by atoms with Crippen molar-refractivity contribution in [1.29, 1.82) is 5.26 Å². The third kappa shape index (κ3) is 4.12. The Morgan fingerprint density at radius 2 is 2.03 bits per heavy atom. The van der Waals surface area contributed by atoms with Crippen molar-refractivity contribution >= 4 is 17.2 Å². The Morgan fingerprint density at radius 3 is 2.71 bits per heavy atom. The maximum atomic E-state index is 15.6. The van der Waals surface area contributed by atoms with E-state index < -0.39 is 6.17 Å². The van der Waals surface area contributed by atoms with Crippen LogP contribution in [0.2, 0.25) is 0 Å². The van der Waals surface area contributed by atoms with Gasteiger partial charge >= 0.3 is 0 Å². The number of alkyl halides is 1. The molecule has 3 aliphatic rings. The predicted molar refractivity (Wildman–Crippen MR) is 129 cm³/mol. The van der Waals surface area contributed by atoms with Crippen molar-refractivity contribution in [3.8, 4) is 33.8 Å². The molecule has 3 aliphatic carbocycles. The Hall–Kier alpha value is -3.19. The Bertz CT molecular complexity index is 1290. The SMILES string of the molecule is C[C@]12CCC[C@H](C1)[C@H](F)[C@H](N(c1cnc(-c3ccc(-c4nnc(C#N)s4)cc3O)nn1)C1CC1)C2. The van der Waals surface area contributed by atoms with E-state index in [0.717, 1.165) is 56.3 Å². The van der Waals surface area contributed by atoms with E-state index in [9.17, 15) is 5.11 Å². The van der Waals surface area contributed by atoms with Crippen LogP contribution in [0.3, 0.4) is 0 Å². The molecule has 2 bridgehead atoms. The van der Waals surface area contributed by atoms with Gasteiger partial charge in [0, 0.05) is 11.6 Å². The maximum absolute atomic E-state index is 15.6. The summed E-state index contributed by atoms with van der Waals surface area (Å²) in [4.78, 5) is 6.65. The lowest BCUT2D eigenvalue weighted by atomic mass is 9.60. The van der Waals surface area contributed by atoms with E-state index >= 15 is 4.39 Å². The Labute approximate surface area is 206 Å². The number of hydrogen-bond acceptors (Lipinski definition) is 9. The zero-order valence-electron chi connectivity index (χ0n) is 19.4. The van der Waals surface area contributed by atoms with Gasteiger partial charge in [-0.3, -0.25) is 0 Å². The maximum Gasteiger partial charge on any atom is 0.218 e. The van der Waals surface area contributed by atoms with Gasteiger partial charge in [-0.15, -0.1) is 20.4 Å². The van der Waals surface area contributed by atoms with Crippen molar-refractivity contribution in [3.05, 3.63) is 29.4 Å². The van der Waals surface area contributed by atoms with Crippen molar-refractivity contribution in [2.75, 3.05) is 4.90 Å². The van der Waals surface area contributed by atoms with Crippen LogP contribution >= 0.6 is 11.3 Å². The van der Waals surface area contributed by atoms with Crippen molar-refractivity contribution in [2.24, 2.45) is 11.3 Å². The lowest BCUT2D eigenvalue weighted by Crippen LogP contribution is -2.54. The molecule has 180 valence electrons. The van der Waals surface area contributed by atoms with Gasteiger partial charge in [-0.25, -0.2) is 9.37 Å². The van der Waals surface area contributed by atoms with Crippen LogP contribution in [0.25, 0.3) is 22.0 Å². The minimum Gasteiger partial charge on any atom is -0.507 e. The molecule has 2 aromatic heterocycles. The zero-order valence-corrected chi connectivity index (χ0v) is 20.2. The average Bonchev–Trinajstić information content (AvgIpc) is 3.57. The molecule has 0 unspecified atom stereocenters. The highest BCUT2D eigenvalue weighted by Gasteiger charge is 2.50. The number of phenols is 1. The number of aromatic hydroxyl groups is 1. The molecule has 0 saturated heterocycles. The van der Waals surface area contributed by atoms with Gasteiger partial charge in [-0.05, 0) is 62.0 Å². The molecule has 0 radical (unpaired) electrons. The van der Waals surface area contributed by atoms with Gasteiger partial charge in [0.05, 0.1) is 17.8 Å². The summed E-state index contributed by atoms with van der Waals surface area (Å²) in [5.41, 5.74) is 1.29. The molecular weight excluding hydrogens is 465 g/mol. The first-order valence-electron chi connectivity index (χ1n) is 12.1. The topological polar surface area (TPSA) is 112 Å². The normalized spacial score (nSPS) is 27.9. The van der Waals surface area contributed by atoms with E-state index in [4.69, 9.17) is 5.26 Å². The summed E-state index contributed by atoms with van der Waals surface area (Å²) in [5.74, 6) is 1.03. The van der Waals surface area contributed by atoms with Crippen LogP contribution < -0.4 is 4.90 Å². The minimum atomic E-state index is -0.857. The van der Waals surface area contributed by atoms with E-state index in [-0.39, 0.29) is 28.1 Å². The van der Waals surface area contributed by atoms with Crippen molar-refractivity contribution < 1.29 is 9.50 Å². The zero-order chi connectivity index (χ0) is 24.2. The molecule has 0 amide bonds. The monoisotopic (exact) mass is 491 g/mol. The molecule has 8 nitrogen and oxygen atoms in total. The quantitative estimate of drug-likeness (QED) is 0.536. The highest BCUT2D eigenvalue weighted by Crippen LogP contribution is 2.52. The van der Waals surface area contributed by atoms with Gasteiger partial charge in [0.25, 0.3) is 0 Å². The Balaban J connectivity index is 1.26. The molecule has 35 heavy (non-hydrogen) atoms. The molecule has 10 heteroatoms. The smallest absolute Gasteiger partial charge is 0.218 e. The van der Waals surface area contributed by atoms with Gasteiger partial charge in [0.2, 0.25) is 5.01 Å². The lowest BCUT2D eigenvalue weighted by molar-refractivity contribution is 0.00942. The number of rotatable bonds is 5. The van der Waals surface area contributed by atoms with Gasteiger partial charge in [-0.2, -0.15) is 5.26 Å². The first kappa shape index (κ1) is 22.3. The number of nitriles is 1. The third-order valence-electron chi connectivity index (χ3n) is 7.75. The molecule has 3 fully saturated rings. The number of phenolic OH excluding ortho intramolecular Hbond substituents is 1. The summed E-state index contributed by atoms with van der Waals surface area (Å²) < 4.78 is 15.6. The Kier molecular flexibility index (Phi) is 5.40. The lowest BCUT2D eigenvalue weighted by Gasteiger charge is -2.51. The van der Waals surface area contributed by atoms with E-state index in [1.165, 1.54) is 0 Å². The fourth-order valence-electron chi connectivity index (χ4n) is 6.00. The number of anilines is 1. The standard InChI is InChI=1S/C25H26FN7OS/c1-25-8-2-3-15(10-25)22(26)18(11-25)33(16-5-6-16)20-13-28-23(31-29-20)17-7-4-14(9-19(17)34)24-32-30-21(12-27)35-24/h4,7,9,13,15-16,18,22,34H,2-3,5-6,8,10-11H2,1H3/t15-,18-,22+,25+/m1/s1. The summed E-state index contributed by atoms with van der Waals surface area (Å²) in [6.45, 7) is 2.31. The molecule has 6 rings (SSSR count). The van der Waals surface area contributed by atoms with E-state index in [1.807, 2.05) is 6.07 Å². The first-order valence-corrected chi connectivity index (χ1v) is 13.0. The van der Waals surface area contributed by atoms with E-state index in [0.29, 0.717) is 33.8 Å². The van der Waals surface area contributed by atoms with Crippen molar-refractivity contribution in [3.63, 3.8) is 0 Å². The molecule has 2 heterocycles. The molecule has 0 spiro atoms. The van der Waals surface area contributed by atoms with Crippen LogP contribution in [0.15, 0.2) is 24.4 Å². The largest absolute Gasteiger partial charge is 0.507 e. The highest BCUT2D eigenvalue weighted by molar-refractivity contribution is 7.15. The minimum absolute atomic E-state index is 0.0124. The molecule has 1 N–H and O–H groups in total. The molecule has 3 saturated carbocycles. The Morgan fingerprint density at radius 1 is 1.17 bits per heavy atom. The number of aromatic nitrogens is 5. The molecule has 4 atom stereocenters. The number of benzene rings is 1. The summed E-state index contributed by atoms with van der Waals surface area (Å²) in [6, 6.07) is 7.10. The fraction of sp³-hybridized carbons (Fsp3) is 0.520. The predicted octanol–water partition coefficient (Wildman–Crippen LogP) is 4.91. The number of halogens is 1. The van der Waals surface area contributed by atoms with E-state index in [1.54, 1.807) is 24.4 Å². The summed E-state index contributed by atoms with van der Waals surface area (Å²) in [7, 11) is 0. The number of fused-ring (bicyclic) bond motifs is 2. The van der Waals surface area contributed by atoms with Crippen LogP contribution in [0.4, 0.5) is 10.2 Å². The number of nitrogens with zero attached hydrogens (tertiary/aromatic N) is 7. The molecule has 0 aliphatic heterocycles. The second-order valence-electron chi connectivity index (χ2n) is 10.4. The second-order valence-corrected chi connectivity index (χ2v) is 11.4. The molecular formula is C25H26FN7OS. The second kappa shape index (κ2) is 8.48. The van der Waals surface area contributed by atoms with Gasteiger partial charge in [0.1, 0.15) is 23.0 Å². The van der Waals surface area contributed by atoms with Crippen molar-refractivity contribution in [2.45, 2.75) is 70.1 Å². The van der Waals surface area contributed by atoms with Crippen LogP contribution in [-0.4, -0.2) is 48.7 Å². The van der Waals surface area contributed by atoms with Crippen LogP contribution in [0.5, 0.6) is 5.75 Å². The summed E-state index contributed by atoms with van der Waals surface area (Å²) in [6.07, 6.45) is 7.96. The summed E-state index contributed by atoms with van der Waals surface area (Å²) >= 11 is 1.16. The van der Waals surface area contributed by atoms with E-state index in [2.05, 4.69) is 37.2 Å². The van der Waals surface area contributed by atoms with Crippen LogP contribution in [0.1, 0.15) is 56.9 Å². The van der Waals surface area contributed by atoms with Gasteiger partial charge < -0.3 is 10.0 Å². The first-order chi connectivity index (χ1) is 16.9. The molecule has 3 aromatic rings. The average molecular weight is 492 g/mol. The van der Waals surface area contributed by atoms with Gasteiger partial charge in [0.15, 0.2) is 11.6 Å². The highest BCUT2D eigenvalue weighted by atomic mass is 32.1. The fourth-order valence-corrected chi connectivity index (χ4v) is 6.64. The number of hydrogen-bond donors (Lipinski definition) is 1.